The lowest BCUT2D eigenvalue weighted by molar-refractivity contribution is -0.385. The first-order chi connectivity index (χ1) is 9.01. The zero-order valence-electron chi connectivity index (χ0n) is 11.0. The first kappa shape index (κ1) is 14.7. The predicted molar refractivity (Wildman–Crippen MR) is 72.8 cm³/mol. The maximum Gasteiger partial charge on any atom is 0.282 e. The Labute approximate surface area is 112 Å². The van der Waals surface area contributed by atoms with E-state index in [-0.39, 0.29) is 17.3 Å². The molecule has 0 radical (unpaired) electrons. The van der Waals surface area contributed by atoms with E-state index in [1.54, 1.807) is 19.1 Å². The molecule has 0 aliphatic rings. The second kappa shape index (κ2) is 6.55. The summed E-state index contributed by atoms with van der Waals surface area (Å²) >= 11 is 0. The number of terminal acetylenes is 1. The molecule has 1 aromatic rings. The summed E-state index contributed by atoms with van der Waals surface area (Å²) in [5.74, 6) is 2.03. The molecule has 0 heterocycles. The lowest BCUT2D eigenvalue weighted by atomic mass is 10.0. The van der Waals surface area contributed by atoms with Gasteiger partial charge in [-0.25, -0.2) is 0 Å². The summed E-state index contributed by atoms with van der Waals surface area (Å²) < 4.78 is 0. The molecule has 5 heteroatoms. The number of nitro benzene ring substituents is 1. The van der Waals surface area contributed by atoms with Crippen LogP contribution in [0.5, 0.6) is 0 Å². The molecular weight excluding hydrogens is 244 g/mol. The van der Waals surface area contributed by atoms with Gasteiger partial charge in [0.1, 0.15) is 5.56 Å². The van der Waals surface area contributed by atoms with Crippen molar-refractivity contribution in [2.24, 2.45) is 0 Å². The summed E-state index contributed by atoms with van der Waals surface area (Å²) in [5.41, 5.74) is 0.485. The molecule has 1 amide bonds. The molecule has 0 saturated carbocycles. The molecule has 0 bridgehead atoms. The highest BCUT2D eigenvalue weighted by atomic mass is 16.6. The van der Waals surface area contributed by atoms with Gasteiger partial charge in [-0.2, -0.15) is 0 Å². The van der Waals surface area contributed by atoms with E-state index in [0.717, 1.165) is 0 Å². The summed E-state index contributed by atoms with van der Waals surface area (Å²) in [6.07, 6.45) is 6.30. The van der Waals surface area contributed by atoms with Crippen LogP contribution in [0.15, 0.2) is 18.2 Å². The number of nitrogens with zero attached hydrogens (tertiary/aromatic N) is 1. The molecule has 0 saturated heterocycles. The molecule has 19 heavy (non-hydrogen) atoms. The molecule has 1 N–H and O–H groups in total. The van der Waals surface area contributed by atoms with Crippen molar-refractivity contribution in [1.82, 2.24) is 5.32 Å². The lowest BCUT2D eigenvalue weighted by Gasteiger charge is -2.15. The molecular formula is C14H16N2O3. The number of amides is 1. The van der Waals surface area contributed by atoms with E-state index in [1.807, 2.05) is 6.92 Å². The van der Waals surface area contributed by atoms with E-state index in [1.165, 1.54) is 6.07 Å². The van der Waals surface area contributed by atoms with Gasteiger partial charge in [0.2, 0.25) is 0 Å². The minimum absolute atomic E-state index is 0.1000. The van der Waals surface area contributed by atoms with Crippen LogP contribution >= 0.6 is 0 Å². The van der Waals surface area contributed by atoms with E-state index < -0.39 is 10.8 Å². The van der Waals surface area contributed by atoms with Gasteiger partial charge in [0.15, 0.2) is 0 Å². The minimum atomic E-state index is -0.552. The van der Waals surface area contributed by atoms with Gasteiger partial charge in [0.05, 0.1) is 4.92 Å². The van der Waals surface area contributed by atoms with Crippen LogP contribution < -0.4 is 5.32 Å². The van der Waals surface area contributed by atoms with Gasteiger partial charge in [-0.05, 0) is 18.9 Å². The average molecular weight is 260 g/mol. The first-order valence-corrected chi connectivity index (χ1v) is 5.99. The number of aryl methyl sites for hydroxylation is 1. The normalized spacial score (nSPS) is 11.4. The summed E-state index contributed by atoms with van der Waals surface area (Å²) in [5, 5.41) is 13.7. The molecule has 0 aliphatic heterocycles. The van der Waals surface area contributed by atoms with E-state index in [4.69, 9.17) is 6.42 Å². The van der Waals surface area contributed by atoms with Crippen LogP contribution in [0.3, 0.4) is 0 Å². The van der Waals surface area contributed by atoms with Crippen LogP contribution in [0.25, 0.3) is 0 Å². The van der Waals surface area contributed by atoms with Crippen LogP contribution in [-0.2, 0) is 0 Å². The molecule has 1 unspecified atom stereocenters. The van der Waals surface area contributed by atoms with Gasteiger partial charge < -0.3 is 5.32 Å². The molecule has 1 aromatic carbocycles. The van der Waals surface area contributed by atoms with Gasteiger partial charge in [-0.3, -0.25) is 14.9 Å². The number of nitrogens with one attached hydrogen (secondary N) is 1. The second-order valence-corrected chi connectivity index (χ2v) is 4.21. The Kier molecular flexibility index (Phi) is 5.07. The third-order valence-electron chi connectivity index (χ3n) is 2.87. The van der Waals surface area contributed by atoms with Gasteiger partial charge in [0, 0.05) is 18.5 Å². The zero-order valence-corrected chi connectivity index (χ0v) is 11.0. The standard InChI is InChI=1S/C14H16N2O3/c1-4-7-11(5-2)15-14(17)13-10(3)8-6-9-12(13)16(18)19/h1,6,8-9,11H,5,7H2,2-3H3,(H,15,17). The molecule has 0 aromatic heterocycles. The molecule has 5 nitrogen and oxygen atoms in total. The van der Waals surface area contributed by atoms with Gasteiger partial charge in [0.25, 0.3) is 11.6 Å². The highest BCUT2D eigenvalue weighted by molar-refractivity contribution is 5.99. The van der Waals surface area contributed by atoms with Gasteiger partial charge in [-0.15, -0.1) is 12.3 Å². The number of hydrogen-bond donors (Lipinski definition) is 1. The summed E-state index contributed by atoms with van der Waals surface area (Å²) in [6.45, 7) is 3.57. The van der Waals surface area contributed by atoms with Gasteiger partial charge in [-0.1, -0.05) is 19.1 Å². The second-order valence-electron chi connectivity index (χ2n) is 4.21. The number of benzene rings is 1. The largest absolute Gasteiger partial charge is 0.348 e. The van der Waals surface area contributed by atoms with Crippen molar-refractivity contribution in [3.8, 4) is 12.3 Å². The van der Waals surface area contributed by atoms with Crippen LogP contribution in [-0.4, -0.2) is 16.9 Å². The highest BCUT2D eigenvalue weighted by Gasteiger charge is 2.23. The third kappa shape index (κ3) is 3.55. The van der Waals surface area contributed by atoms with Crippen LogP contribution in [0, 0.1) is 29.4 Å². The zero-order chi connectivity index (χ0) is 14.4. The molecule has 0 fully saturated rings. The monoisotopic (exact) mass is 260 g/mol. The van der Waals surface area contributed by atoms with E-state index in [9.17, 15) is 14.9 Å². The quantitative estimate of drug-likeness (QED) is 0.502. The molecule has 0 spiro atoms. The fourth-order valence-corrected chi connectivity index (χ4v) is 1.80. The van der Waals surface area contributed by atoms with Crippen molar-refractivity contribution in [3.05, 3.63) is 39.4 Å². The molecule has 1 rings (SSSR count). The average Bonchev–Trinajstić information content (AvgIpc) is 2.37. The maximum atomic E-state index is 12.2. The number of rotatable bonds is 5. The fourth-order valence-electron chi connectivity index (χ4n) is 1.80. The Bertz CT molecular complexity index is 532. The van der Waals surface area contributed by atoms with Crippen LogP contribution in [0.2, 0.25) is 0 Å². The van der Waals surface area contributed by atoms with E-state index >= 15 is 0 Å². The van der Waals surface area contributed by atoms with Crippen molar-refractivity contribution >= 4 is 11.6 Å². The van der Waals surface area contributed by atoms with Crippen molar-refractivity contribution in [2.45, 2.75) is 32.7 Å². The topological polar surface area (TPSA) is 72.2 Å². The van der Waals surface area contributed by atoms with Crippen molar-refractivity contribution < 1.29 is 9.72 Å². The SMILES string of the molecule is C#CCC(CC)NC(=O)c1c(C)cccc1[N+](=O)[O-]. The van der Waals surface area contributed by atoms with Crippen molar-refractivity contribution in [3.63, 3.8) is 0 Å². The Hall–Kier alpha value is -2.35. The Morgan fingerprint density at radius 1 is 1.58 bits per heavy atom. The summed E-state index contributed by atoms with van der Waals surface area (Å²) in [6, 6.07) is 4.38. The summed E-state index contributed by atoms with van der Waals surface area (Å²) in [7, 11) is 0. The Balaban J connectivity index is 3.06. The van der Waals surface area contributed by atoms with Crippen LogP contribution in [0.4, 0.5) is 5.69 Å². The number of nitro groups is 1. The summed E-state index contributed by atoms with van der Waals surface area (Å²) in [4.78, 5) is 22.6. The molecule has 100 valence electrons. The molecule has 1 atom stereocenters. The van der Waals surface area contributed by atoms with Crippen LogP contribution in [0.1, 0.15) is 35.7 Å². The Morgan fingerprint density at radius 3 is 2.79 bits per heavy atom. The fraction of sp³-hybridized carbons (Fsp3) is 0.357. The lowest BCUT2D eigenvalue weighted by Crippen LogP contribution is -2.34. The number of hydrogen-bond acceptors (Lipinski definition) is 3. The number of carbonyl (C=O) groups excluding carboxylic acids is 1. The number of carbonyl (C=O) groups is 1. The van der Waals surface area contributed by atoms with Crippen molar-refractivity contribution in [2.75, 3.05) is 0 Å². The minimum Gasteiger partial charge on any atom is -0.348 e. The van der Waals surface area contributed by atoms with Crippen molar-refractivity contribution in [1.29, 1.82) is 0 Å². The molecule has 0 aliphatic carbocycles. The maximum absolute atomic E-state index is 12.2. The highest BCUT2D eigenvalue weighted by Crippen LogP contribution is 2.21. The van der Waals surface area contributed by atoms with E-state index in [2.05, 4.69) is 11.2 Å². The first-order valence-electron chi connectivity index (χ1n) is 5.99. The van der Waals surface area contributed by atoms with Gasteiger partial charge >= 0.3 is 0 Å². The smallest absolute Gasteiger partial charge is 0.282 e. The Morgan fingerprint density at radius 2 is 2.26 bits per heavy atom. The predicted octanol–water partition coefficient (Wildman–Crippen LogP) is 2.43. The van der Waals surface area contributed by atoms with E-state index in [0.29, 0.717) is 18.4 Å². The third-order valence-corrected chi connectivity index (χ3v) is 2.87.